The second-order valence-corrected chi connectivity index (χ2v) is 5.38. The van der Waals surface area contributed by atoms with Gasteiger partial charge in [0.1, 0.15) is 11.6 Å². The number of aryl methyl sites for hydroxylation is 3. The highest BCUT2D eigenvalue weighted by molar-refractivity contribution is 6.17. The summed E-state index contributed by atoms with van der Waals surface area (Å²) in [5.41, 5.74) is 3.38. The Balaban J connectivity index is 2.11. The van der Waals surface area contributed by atoms with Crippen molar-refractivity contribution in [2.24, 2.45) is 7.05 Å². The molecule has 0 atom stereocenters. The van der Waals surface area contributed by atoms with Crippen LogP contribution in [0.2, 0.25) is 0 Å². The van der Waals surface area contributed by atoms with Crippen molar-refractivity contribution in [3.8, 4) is 0 Å². The van der Waals surface area contributed by atoms with E-state index < -0.39 is 0 Å². The topological polar surface area (TPSA) is 35.6 Å². The molecule has 0 aliphatic heterocycles. The van der Waals surface area contributed by atoms with Crippen LogP contribution in [0.15, 0.2) is 30.6 Å². The van der Waals surface area contributed by atoms with Crippen LogP contribution in [0.3, 0.4) is 0 Å². The van der Waals surface area contributed by atoms with Crippen LogP contribution < -0.4 is 0 Å². The number of hydrogen-bond donors (Lipinski definition) is 0. The van der Waals surface area contributed by atoms with Gasteiger partial charge in [-0.3, -0.25) is 0 Å². The van der Waals surface area contributed by atoms with E-state index in [2.05, 4.69) is 34.7 Å². The van der Waals surface area contributed by atoms with Crippen LogP contribution in [0.5, 0.6) is 0 Å². The number of imidazole rings is 2. The molecule has 5 heteroatoms. The van der Waals surface area contributed by atoms with E-state index in [4.69, 9.17) is 16.6 Å². The largest absolute Gasteiger partial charge is 0.337 e. The van der Waals surface area contributed by atoms with Crippen molar-refractivity contribution in [1.29, 1.82) is 0 Å². The fourth-order valence-electron chi connectivity index (χ4n) is 2.43. The van der Waals surface area contributed by atoms with Crippen molar-refractivity contribution >= 4 is 22.6 Å². The molecule has 2 heterocycles. The summed E-state index contributed by atoms with van der Waals surface area (Å²) in [7, 11) is 2.01. The van der Waals surface area contributed by atoms with E-state index in [1.807, 2.05) is 24.0 Å². The lowest BCUT2D eigenvalue weighted by Gasteiger charge is -2.08. The molecule has 0 unspecified atom stereocenters. The summed E-state index contributed by atoms with van der Waals surface area (Å²) in [6.07, 6.45) is 4.54. The van der Waals surface area contributed by atoms with Crippen LogP contribution in [0, 0.1) is 6.92 Å². The van der Waals surface area contributed by atoms with Crippen LogP contribution in [-0.2, 0) is 20.0 Å². The molecule has 1 aromatic carbocycles. The van der Waals surface area contributed by atoms with Gasteiger partial charge in [-0.05, 0) is 24.6 Å². The molecule has 0 aliphatic rings. The van der Waals surface area contributed by atoms with E-state index in [0.717, 1.165) is 35.6 Å². The van der Waals surface area contributed by atoms with Crippen molar-refractivity contribution in [1.82, 2.24) is 19.1 Å². The standard InChI is InChI=1S/C15H17ClN4/c1-11-3-4-13-12(9-11)18-14(5-6-16)20(13)10-15-17-7-8-19(15)2/h3-4,7-9H,5-6,10H2,1-2H3. The maximum absolute atomic E-state index is 5.91. The lowest BCUT2D eigenvalue weighted by Crippen LogP contribution is -2.09. The predicted molar refractivity (Wildman–Crippen MR) is 81.2 cm³/mol. The van der Waals surface area contributed by atoms with Gasteiger partial charge in [-0.25, -0.2) is 9.97 Å². The Hall–Kier alpha value is -1.81. The molecule has 0 fully saturated rings. The summed E-state index contributed by atoms with van der Waals surface area (Å²) < 4.78 is 4.24. The Labute approximate surface area is 123 Å². The van der Waals surface area contributed by atoms with Crippen molar-refractivity contribution in [2.45, 2.75) is 19.9 Å². The zero-order chi connectivity index (χ0) is 14.1. The van der Waals surface area contributed by atoms with Crippen LogP contribution in [0.4, 0.5) is 0 Å². The molecule has 20 heavy (non-hydrogen) atoms. The summed E-state index contributed by atoms with van der Waals surface area (Å²) in [5.74, 6) is 2.60. The lowest BCUT2D eigenvalue weighted by molar-refractivity contribution is 0.682. The van der Waals surface area contributed by atoms with Gasteiger partial charge in [-0.1, -0.05) is 6.07 Å². The van der Waals surface area contributed by atoms with Gasteiger partial charge in [0.05, 0.1) is 17.6 Å². The second-order valence-electron chi connectivity index (χ2n) is 5.00. The van der Waals surface area contributed by atoms with Gasteiger partial charge >= 0.3 is 0 Å². The number of rotatable bonds is 4. The summed E-state index contributed by atoms with van der Waals surface area (Å²) >= 11 is 5.91. The van der Waals surface area contributed by atoms with Crippen molar-refractivity contribution in [3.05, 3.63) is 47.8 Å². The second kappa shape index (κ2) is 5.29. The Bertz CT molecular complexity index is 741. The Kier molecular flexibility index (Phi) is 3.49. The van der Waals surface area contributed by atoms with Gasteiger partial charge < -0.3 is 9.13 Å². The highest BCUT2D eigenvalue weighted by Gasteiger charge is 2.12. The molecule has 0 amide bonds. The summed E-state index contributed by atoms with van der Waals surface area (Å²) in [6, 6.07) is 6.35. The molecule has 0 radical (unpaired) electrons. The molecule has 3 aromatic rings. The van der Waals surface area contributed by atoms with E-state index >= 15 is 0 Å². The van der Waals surface area contributed by atoms with E-state index in [-0.39, 0.29) is 0 Å². The Morgan fingerprint density at radius 3 is 2.80 bits per heavy atom. The molecule has 0 aliphatic carbocycles. The molecule has 0 saturated heterocycles. The van der Waals surface area contributed by atoms with Crippen molar-refractivity contribution in [3.63, 3.8) is 0 Å². The molecule has 0 bridgehead atoms. The predicted octanol–water partition coefficient (Wildman–Crippen LogP) is 2.91. The SMILES string of the molecule is Cc1ccc2c(c1)nc(CCCl)n2Cc1nccn1C. The molecule has 2 aromatic heterocycles. The van der Waals surface area contributed by atoms with Crippen LogP contribution >= 0.6 is 11.6 Å². The maximum Gasteiger partial charge on any atom is 0.128 e. The number of halogens is 1. The zero-order valence-electron chi connectivity index (χ0n) is 11.7. The van der Waals surface area contributed by atoms with E-state index in [9.17, 15) is 0 Å². The summed E-state index contributed by atoms with van der Waals surface area (Å²) in [5, 5.41) is 0. The number of alkyl halides is 1. The Morgan fingerprint density at radius 1 is 1.25 bits per heavy atom. The number of fused-ring (bicyclic) bond motifs is 1. The minimum absolute atomic E-state index is 0.572. The van der Waals surface area contributed by atoms with E-state index in [1.54, 1.807) is 0 Å². The van der Waals surface area contributed by atoms with Crippen LogP contribution in [0.1, 0.15) is 17.2 Å². The van der Waals surface area contributed by atoms with Gasteiger partial charge in [-0.15, -0.1) is 11.6 Å². The van der Waals surface area contributed by atoms with Gasteiger partial charge in [0.25, 0.3) is 0 Å². The zero-order valence-corrected chi connectivity index (χ0v) is 12.4. The minimum atomic E-state index is 0.572. The van der Waals surface area contributed by atoms with Crippen molar-refractivity contribution < 1.29 is 0 Å². The first-order chi connectivity index (χ1) is 9.69. The molecule has 0 saturated carbocycles. The van der Waals surface area contributed by atoms with Crippen molar-refractivity contribution in [2.75, 3.05) is 5.88 Å². The summed E-state index contributed by atoms with van der Waals surface area (Å²) in [6.45, 7) is 2.80. The highest BCUT2D eigenvalue weighted by Crippen LogP contribution is 2.19. The minimum Gasteiger partial charge on any atom is -0.337 e. The van der Waals surface area contributed by atoms with Gasteiger partial charge in [0, 0.05) is 31.7 Å². The number of hydrogen-bond acceptors (Lipinski definition) is 2. The Morgan fingerprint density at radius 2 is 2.10 bits per heavy atom. The number of aromatic nitrogens is 4. The van der Waals surface area contributed by atoms with E-state index in [0.29, 0.717) is 5.88 Å². The number of benzene rings is 1. The van der Waals surface area contributed by atoms with Gasteiger partial charge in [0.15, 0.2) is 0 Å². The lowest BCUT2D eigenvalue weighted by atomic mass is 10.2. The van der Waals surface area contributed by atoms with Gasteiger partial charge in [-0.2, -0.15) is 0 Å². The van der Waals surface area contributed by atoms with Crippen LogP contribution in [0.25, 0.3) is 11.0 Å². The quantitative estimate of drug-likeness (QED) is 0.692. The monoisotopic (exact) mass is 288 g/mol. The molecular weight excluding hydrogens is 272 g/mol. The third-order valence-electron chi connectivity index (χ3n) is 3.52. The smallest absolute Gasteiger partial charge is 0.128 e. The first-order valence-electron chi connectivity index (χ1n) is 6.67. The van der Waals surface area contributed by atoms with Gasteiger partial charge in [0.2, 0.25) is 0 Å². The molecular formula is C15H17ClN4. The highest BCUT2D eigenvalue weighted by atomic mass is 35.5. The van der Waals surface area contributed by atoms with E-state index in [1.165, 1.54) is 5.56 Å². The fourth-order valence-corrected chi connectivity index (χ4v) is 2.60. The molecule has 3 rings (SSSR count). The molecule has 104 valence electrons. The number of nitrogens with zero attached hydrogens (tertiary/aromatic N) is 4. The normalized spacial score (nSPS) is 11.3. The average Bonchev–Trinajstić information content (AvgIpc) is 2.96. The molecule has 0 spiro atoms. The first-order valence-corrected chi connectivity index (χ1v) is 7.20. The average molecular weight is 289 g/mol. The fraction of sp³-hybridized carbons (Fsp3) is 0.333. The molecule has 0 N–H and O–H groups in total. The summed E-state index contributed by atoms with van der Waals surface area (Å²) in [4.78, 5) is 9.11. The first kappa shape index (κ1) is 13.2. The van der Waals surface area contributed by atoms with Crippen LogP contribution in [-0.4, -0.2) is 25.0 Å². The third kappa shape index (κ3) is 2.31. The molecule has 4 nitrogen and oxygen atoms in total. The third-order valence-corrected chi connectivity index (χ3v) is 3.71. The maximum atomic E-state index is 5.91.